The van der Waals surface area contributed by atoms with Gasteiger partial charge in [-0.3, -0.25) is 4.72 Å². The average Bonchev–Trinajstić information content (AvgIpc) is 3.01. The van der Waals surface area contributed by atoms with Crippen LogP contribution in [0.3, 0.4) is 0 Å². The van der Waals surface area contributed by atoms with Crippen molar-refractivity contribution in [3.8, 4) is 16.3 Å². The molecule has 154 valence electrons. The number of hydrogen-bond donors (Lipinski definition) is 2. The minimum Gasteiger partial charge on any atom is -0.480 e. The van der Waals surface area contributed by atoms with Gasteiger partial charge in [-0.25, -0.2) is 14.2 Å². The maximum atomic E-state index is 13.0. The molecule has 0 fully saturated rings. The quantitative estimate of drug-likeness (QED) is 0.517. The number of aromatic nitrogens is 2. The van der Waals surface area contributed by atoms with Gasteiger partial charge in [-0.2, -0.15) is 0 Å². The number of halogens is 1. The molecule has 2 heterocycles. The minimum atomic E-state index is -1.61. The molecule has 2 N–H and O–H groups in total. The van der Waals surface area contributed by atoms with Crippen molar-refractivity contribution >= 4 is 44.7 Å². The number of rotatable bonds is 6. The molecule has 1 unspecified atom stereocenters. The maximum absolute atomic E-state index is 13.0. The van der Waals surface area contributed by atoms with Gasteiger partial charge in [0.2, 0.25) is 5.88 Å². The zero-order valence-corrected chi connectivity index (χ0v) is 19.3. The number of aryl methyl sites for hydroxylation is 1. The molecule has 0 aliphatic carbocycles. The van der Waals surface area contributed by atoms with E-state index in [0.717, 1.165) is 21.3 Å². The molecule has 1 atom stereocenters. The van der Waals surface area contributed by atoms with Gasteiger partial charge in [-0.05, 0) is 45.9 Å². The van der Waals surface area contributed by atoms with E-state index < -0.39 is 11.0 Å². The molecule has 3 aromatic rings. The van der Waals surface area contributed by atoms with Crippen molar-refractivity contribution in [1.82, 2.24) is 9.97 Å². The van der Waals surface area contributed by atoms with Crippen molar-refractivity contribution < 1.29 is 8.95 Å². The van der Waals surface area contributed by atoms with E-state index in [-0.39, 0.29) is 5.54 Å². The normalized spacial score (nSPS) is 12.5. The predicted octanol–water partition coefficient (Wildman–Crippen LogP) is 5.52. The number of nitrogens with one attached hydrogen (secondary N) is 2. The molecule has 3 rings (SSSR count). The zero-order valence-electron chi connectivity index (χ0n) is 16.9. The second kappa shape index (κ2) is 8.69. The van der Waals surface area contributed by atoms with Crippen LogP contribution in [0.1, 0.15) is 26.5 Å². The average molecular weight is 451 g/mol. The summed E-state index contributed by atoms with van der Waals surface area (Å²) in [6, 6.07) is 8.95. The number of para-hydroxylation sites is 1. The van der Waals surface area contributed by atoms with Crippen LogP contribution in [0.25, 0.3) is 10.4 Å². The number of nitrogens with zero attached hydrogens (tertiary/aromatic N) is 2. The van der Waals surface area contributed by atoms with Crippen molar-refractivity contribution in [2.75, 3.05) is 17.1 Å². The van der Waals surface area contributed by atoms with Crippen molar-refractivity contribution in [3.63, 3.8) is 0 Å². The molecule has 0 aliphatic rings. The Labute approximate surface area is 182 Å². The Bertz CT molecular complexity index is 1050. The third kappa shape index (κ3) is 5.26. The highest BCUT2D eigenvalue weighted by Gasteiger charge is 2.19. The standard InChI is InChI=1S/C20H23ClN4O2S2/c1-12-17(28-19(23-12)24-20(2,3)4)13-10-16(18(27-5)22-11-13)29(26)25-15-9-7-6-8-14(15)21/h6-11,25H,1-5H3,(H,23,24). The summed E-state index contributed by atoms with van der Waals surface area (Å²) in [6.45, 7) is 8.20. The second-order valence-corrected chi connectivity index (χ2v) is 9.98. The van der Waals surface area contributed by atoms with Gasteiger partial charge in [0.05, 0.1) is 28.4 Å². The monoisotopic (exact) mass is 450 g/mol. The van der Waals surface area contributed by atoms with Crippen LogP contribution in [0.5, 0.6) is 5.88 Å². The number of pyridine rings is 1. The van der Waals surface area contributed by atoms with Gasteiger partial charge in [0.15, 0.2) is 16.1 Å². The summed E-state index contributed by atoms with van der Waals surface area (Å²) >= 11 is 7.71. The number of methoxy groups -OCH3 is 1. The molecular weight excluding hydrogens is 428 g/mol. The molecule has 0 spiro atoms. The first-order valence-electron chi connectivity index (χ1n) is 8.91. The summed E-state index contributed by atoms with van der Waals surface area (Å²) in [4.78, 5) is 10.4. The molecule has 29 heavy (non-hydrogen) atoms. The Kier molecular flexibility index (Phi) is 6.45. The second-order valence-electron chi connectivity index (χ2n) is 7.39. The summed E-state index contributed by atoms with van der Waals surface area (Å²) in [5.41, 5.74) is 2.19. The highest BCUT2D eigenvalue weighted by Crippen LogP contribution is 2.36. The topological polar surface area (TPSA) is 76.1 Å². The van der Waals surface area contributed by atoms with Gasteiger partial charge in [-0.15, -0.1) is 0 Å². The van der Waals surface area contributed by atoms with E-state index in [1.807, 2.05) is 25.1 Å². The van der Waals surface area contributed by atoms with Gasteiger partial charge in [0.25, 0.3) is 0 Å². The van der Waals surface area contributed by atoms with Crippen molar-refractivity contribution in [2.45, 2.75) is 38.1 Å². The molecule has 0 aliphatic heterocycles. The van der Waals surface area contributed by atoms with Crippen molar-refractivity contribution in [3.05, 3.63) is 47.2 Å². The van der Waals surface area contributed by atoms with Crippen LogP contribution in [0, 0.1) is 6.92 Å². The van der Waals surface area contributed by atoms with E-state index in [1.54, 1.807) is 18.3 Å². The fraction of sp³-hybridized carbons (Fsp3) is 0.300. The van der Waals surface area contributed by atoms with E-state index in [9.17, 15) is 4.21 Å². The lowest BCUT2D eigenvalue weighted by Crippen LogP contribution is -2.25. The molecule has 9 heteroatoms. The van der Waals surface area contributed by atoms with Crippen LogP contribution in [0.2, 0.25) is 5.02 Å². The Balaban J connectivity index is 1.95. The molecule has 0 saturated heterocycles. The van der Waals surface area contributed by atoms with Crippen LogP contribution < -0.4 is 14.8 Å². The third-order valence-corrected chi connectivity index (χ3v) is 6.38. The lowest BCUT2D eigenvalue weighted by Gasteiger charge is -2.19. The summed E-state index contributed by atoms with van der Waals surface area (Å²) < 4.78 is 21.3. The van der Waals surface area contributed by atoms with Gasteiger partial charge in [-0.1, -0.05) is 35.1 Å². The van der Waals surface area contributed by atoms with Crippen LogP contribution in [0.4, 0.5) is 10.8 Å². The summed E-state index contributed by atoms with van der Waals surface area (Å²) in [7, 11) is -0.108. The van der Waals surface area contributed by atoms with E-state index in [4.69, 9.17) is 16.3 Å². The van der Waals surface area contributed by atoms with Gasteiger partial charge in [0.1, 0.15) is 4.90 Å². The molecule has 0 saturated carbocycles. The molecule has 1 aromatic carbocycles. The van der Waals surface area contributed by atoms with E-state index in [0.29, 0.717) is 21.5 Å². The fourth-order valence-corrected chi connectivity index (χ4v) is 4.99. The highest BCUT2D eigenvalue weighted by atomic mass is 35.5. The van der Waals surface area contributed by atoms with Crippen LogP contribution in [0.15, 0.2) is 41.4 Å². The number of ether oxygens (including phenoxy) is 1. The van der Waals surface area contributed by atoms with Gasteiger partial charge < -0.3 is 10.1 Å². The number of hydrogen-bond acceptors (Lipinski definition) is 6. The van der Waals surface area contributed by atoms with E-state index >= 15 is 0 Å². The summed E-state index contributed by atoms with van der Waals surface area (Å²) in [6.07, 6.45) is 1.70. The predicted molar refractivity (Wildman–Crippen MR) is 121 cm³/mol. The molecule has 0 amide bonds. The largest absolute Gasteiger partial charge is 0.480 e. The Hall–Kier alpha value is -2.16. The minimum absolute atomic E-state index is 0.0920. The zero-order chi connectivity index (χ0) is 21.2. The molecule has 0 bridgehead atoms. The van der Waals surface area contributed by atoms with E-state index in [1.165, 1.54) is 18.4 Å². The molecular formula is C20H23ClN4O2S2. The molecule has 2 aromatic heterocycles. The van der Waals surface area contributed by atoms with Crippen LogP contribution in [-0.4, -0.2) is 26.8 Å². The van der Waals surface area contributed by atoms with Gasteiger partial charge >= 0.3 is 0 Å². The van der Waals surface area contributed by atoms with Crippen molar-refractivity contribution in [1.29, 1.82) is 0 Å². The smallest absolute Gasteiger partial charge is 0.231 e. The number of anilines is 2. The summed E-state index contributed by atoms with van der Waals surface area (Å²) in [5, 5.41) is 4.70. The highest BCUT2D eigenvalue weighted by molar-refractivity contribution is 7.86. The van der Waals surface area contributed by atoms with Crippen LogP contribution in [-0.2, 0) is 11.0 Å². The number of thiazole rings is 1. The van der Waals surface area contributed by atoms with E-state index in [2.05, 4.69) is 40.8 Å². The van der Waals surface area contributed by atoms with Crippen LogP contribution >= 0.6 is 22.9 Å². The lowest BCUT2D eigenvalue weighted by molar-refractivity contribution is 0.386. The maximum Gasteiger partial charge on any atom is 0.231 e. The SMILES string of the molecule is COc1ncc(-c2sc(NC(C)(C)C)nc2C)cc1S(=O)Nc1ccccc1Cl. The Morgan fingerprint density at radius 2 is 1.97 bits per heavy atom. The first-order chi connectivity index (χ1) is 13.7. The Morgan fingerprint density at radius 1 is 1.24 bits per heavy atom. The first kappa shape index (κ1) is 21.5. The Morgan fingerprint density at radius 3 is 2.62 bits per heavy atom. The third-order valence-electron chi connectivity index (χ3n) is 3.83. The molecule has 0 radical (unpaired) electrons. The lowest BCUT2D eigenvalue weighted by atomic mass is 10.1. The first-order valence-corrected chi connectivity index (χ1v) is 11.3. The van der Waals surface area contributed by atoms with Gasteiger partial charge in [0, 0.05) is 17.3 Å². The van der Waals surface area contributed by atoms with Crippen molar-refractivity contribution in [2.24, 2.45) is 0 Å². The number of benzene rings is 1. The summed E-state index contributed by atoms with van der Waals surface area (Å²) in [5.74, 6) is 0.293. The fourth-order valence-electron chi connectivity index (χ4n) is 2.58. The molecule has 6 nitrogen and oxygen atoms in total.